The van der Waals surface area contributed by atoms with Crippen molar-refractivity contribution < 1.29 is 18.3 Å². The Hall–Kier alpha value is -0.630. The highest BCUT2D eigenvalue weighted by Crippen LogP contribution is 2.27. The molecule has 0 aromatic carbocycles. The van der Waals surface area contributed by atoms with E-state index in [0.717, 1.165) is 17.8 Å². The zero-order valence-corrected chi connectivity index (χ0v) is 12.1. The molecule has 0 aliphatic rings. The summed E-state index contributed by atoms with van der Waals surface area (Å²) in [7, 11) is -3.87. The maximum atomic E-state index is 11.9. The molecule has 18 heavy (non-hydrogen) atoms. The number of carboxylic acid groups (broad SMARTS) is 1. The second kappa shape index (κ2) is 6.51. The van der Waals surface area contributed by atoms with Crippen LogP contribution in [0.15, 0.2) is 15.7 Å². The van der Waals surface area contributed by atoms with Crippen molar-refractivity contribution in [3.05, 3.63) is 16.5 Å². The molecular weight excluding hydrogens is 298 g/mol. The van der Waals surface area contributed by atoms with Gasteiger partial charge >= 0.3 is 5.97 Å². The zero-order chi connectivity index (χ0) is 13.8. The third-order valence-corrected chi connectivity index (χ3v) is 5.77. The van der Waals surface area contributed by atoms with Crippen molar-refractivity contribution in [3.8, 4) is 0 Å². The summed E-state index contributed by atoms with van der Waals surface area (Å²) in [6.07, 6.45) is 1.69. The number of nitrogens with one attached hydrogen (secondary N) is 1. The third-order valence-electron chi connectivity index (χ3n) is 2.27. The number of carbonyl (C=O) groups is 1. The average Bonchev–Trinajstić information content (AvgIpc) is 2.71. The molecule has 0 amide bonds. The number of thiophene rings is 1. The predicted octanol–water partition coefficient (Wildman–Crippen LogP) is 2.32. The number of hydrogen-bond acceptors (Lipinski definition) is 4. The molecule has 0 saturated heterocycles. The second-order valence-corrected chi connectivity index (χ2v) is 6.94. The summed E-state index contributed by atoms with van der Waals surface area (Å²) >= 11 is 6.69. The Labute approximate surface area is 115 Å². The molecular formula is C10H14ClNO4S2. The smallest absolute Gasteiger partial charge is 0.321 e. The number of hydrogen-bond donors (Lipinski definition) is 2. The molecule has 0 saturated carbocycles. The van der Waals surface area contributed by atoms with Crippen molar-refractivity contribution in [1.29, 1.82) is 0 Å². The molecule has 0 fully saturated rings. The summed E-state index contributed by atoms with van der Waals surface area (Å²) in [6.45, 7) is 1.91. The van der Waals surface area contributed by atoms with E-state index in [1.54, 1.807) is 5.38 Å². The van der Waals surface area contributed by atoms with Crippen molar-refractivity contribution in [2.75, 3.05) is 0 Å². The molecule has 5 nitrogen and oxygen atoms in total. The van der Waals surface area contributed by atoms with Gasteiger partial charge in [0.2, 0.25) is 0 Å². The predicted molar refractivity (Wildman–Crippen MR) is 70.6 cm³/mol. The summed E-state index contributed by atoms with van der Waals surface area (Å²) in [5.41, 5.74) is 0. The van der Waals surface area contributed by atoms with Gasteiger partial charge in [0.25, 0.3) is 10.0 Å². The van der Waals surface area contributed by atoms with Gasteiger partial charge in [-0.05, 0) is 17.9 Å². The van der Waals surface area contributed by atoms with Crippen molar-refractivity contribution in [2.45, 2.75) is 36.4 Å². The molecule has 0 bridgehead atoms. The third kappa shape index (κ3) is 3.94. The van der Waals surface area contributed by atoms with Gasteiger partial charge in [-0.25, -0.2) is 8.42 Å². The maximum Gasteiger partial charge on any atom is 0.321 e. The van der Waals surface area contributed by atoms with Crippen LogP contribution < -0.4 is 4.72 Å². The first-order valence-corrected chi connectivity index (χ1v) is 8.10. The standard InChI is InChI=1S/C10H14ClNO4S2/c1-2-3-4-8(9(13)14)12-18(15,16)10-7(11)5-6-17-10/h5-6,8,12H,2-4H2,1H3,(H,13,14)/t8-/m0/s1. The van der Waals surface area contributed by atoms with Gasteiger partial charge in [0.1, 0.15) is 6.04 Å². The van der Waals surface area contributed by atoms with Crippen LogP contribution in [0.25, 0.3) is 0 Å². The van der Waals surface area contributed by atoms with E-state index in [4.69, 9.17) is 16.7 Å². The summed E-state index contributed by atoms with van der Waals surface area (Å²) in [5, 5.41) is 10.6. The highest BCUT2D eigenvalue weighted by Gasteiger charge is 2.27. The lowest BCUT2D eigenvalue weighted by molar-refractivity contribution is -0.139. The van der Waals surface area contributed by atoms with Crippen LogP contribution in [0.3, 0.4) is 0 Å². The van der Waals surface area contributed by atoms with Crippen LogP contribution in [0.5, 0.6) is 0 Å². The van der Waals surface area contributed by atoms with Crippen molar-refractivity contribution in [2.24, 2.45) is 0 Å². The molecule has 1 aromatic rings. The number of rotatable bonds is 7. The van der Waals surface area contributed by atoms with E-state index in [0.29, 0.717) is 6.42 Å². The Kier molecular flexibility index (Phi) is 5.58. The van der Waals surface area contributed by atoms with E-state index in [1.807, 2.05) is 6.92 Å². The lowest BCUT2D eigenvalue weighted by Crippen LogP contribution is -2.40. The van der Waals surface area contributed by atoms with Crippen molar-refractivity contribution in [1.82, 2.24) is 4.72 Å². The summed E-state index contributed by atoms with van der Waals surface area (Å²) in [5.74, 6) is -1.18. The molecule has 0 unspecified atom stereocenters. The number of aliphatic carboxylic acids is 1. The second-order valence-electron chi connectivity index (χ2n) is 3.71. The van der Waals surface area contributed by atoms with Crippen LogP contribution in [0, 0.1) is 0 Å². The Morgan fingerprint density at radius 1 is 1.61 bits per heavy atom. The molecule has 1 heterocycles. The number of halogens is 1. The molecule has 0 spiro atoms. The molecule has 8 heteroatoms. The minimum absolute atomic E-state index is 0.0492. The van der Waals surface area contributed by atoms with E-state index in [-0.39, 0.29) is 15.7 Å². The van der Waals surface area contributed by atoms with Gasteiger partial charge in [-0.15, -0.1) is 11.3 Å². The Bertz CT molecular complexity index is 512. The van der Waals surface area contributed by atoms with E-state index in [9.17, 15) is 13.2 Å². The number of carboxylic acids is 1. The fraction of sp³-hybridized carbons (Fsp3) is 0.500. The molecule has 0 aliphatic carbocycles. The highest BCUT2D eigenvalue weighted by atomic mass is 35.5. The quantitative estimate of drug-likeness (QED) is 0.809. The fourth-order valence-corrected chi connectivity index (χ4v) is 4.28. The van der Waals surface area contributed by atoms with E-state index in [1.165, 1.54) is 6.07 Å². The monoisotopic (exact) mass is 311 g/mol. The molecule has 1 rings (SSSR count). The normalized spacial score (nSPS) is 13.4. The highest BCUT2D eigenvalue weighted by molar-refractivity contribution is 7.91. The summed E-state index contributed by atoms with van der Waals surface area (Å²) < 4.78 is 26.0. The van der Waals surface area contributed by atoms with Gasteiger partial charge in [-0.2, -0.15) is 4.72 Å². The zero-order valence-electron chi connectivity index (χ0n) is 9.72. The van der Waals surface area contributed by atoms with Crippen LogP contribution in [0.2, 0.25) is 5.02 Å². The summed E-state index contributed by atoms with van der Waals surface area (Å²) in [4.78, 5) is 11.0. The minimum atomic E-state index is -3.87. The molecule has 102 valence electrons. The molecule has 1 atom stereocenters. The van der Waals surface area contributed by atoms with Gasteiger partial charge in [0.15, 0.2) is 4.21 Å². The van der Waals surface area contributed by atoms with Crippen LogP contribution in [-0.2, 0) is 14.8 Å². The Morgan fingerprint density at radius 3 is 2.72 bits per heavy atom. The van der Waals surface area contributed by atoms with Crippen molar-refractivity contribution >= 4 is 38.9 Å². The Balaban J connectivity index is 2.86. The Morgan fingerprint density at radius 2 is 2.28 bits per heavy atom. The van der Waals surface area contributed by atoms with Crippen LogP contribution in [0.4, 0.5) is 0 Å². The van der Waals surface area contributed by atoms with Crippen molar-refractivity contribution in [3.63, 3.8) is 0 Å². The maximum absolute atomic E-state index is 11.9. The van der Waals surface area contributed by atoms with Crippen LogP contribution in [0.1, 0.15) is 26.2 Å². The van der Waals surface area contributed by atoms with Crippen LogP contribution in [-0.4, -0.2) is 25.5 Å². The first-order chi connectivity index (χ1) is 8.38. The van der Waals surface area contributed by atoms with Crippen LogP contribution >= 0.6 is 22.9 Å². The largest absolute Gasteiger partial charge is 0.480 e. The van der Waals surface area contributed by atoms with E-state index < -0.39 is 22.0 Å². The topological polar surface area (TPSA) is 83.5 Å². The first-order valence-electron chi connectivity index (χ1n) is 5.36. The van der Waals surface area contributed by atoms with Gasteiger partial charge in [0.05, 0.1) is 5.02 Å². The molecule has 0 aliphatic heterocycles. The fourth-order valence-electron chi connectivity index (χ4n) is 1.35. The molecule has 2 N–H and O–H groups in total. The van der Waals surface area contributed by atoms with E-state index >= 15 is 0 Å². The molecule has 1 aromatic heterocycles. The number of sulfonamides is 1. The number of unbranched alkanes of at least 4 members (excludes halogenated alkanes) is 1. The lowest BCUT2D eigenvalue weighted by Gasteiger charge is -2.13. The van der Waals surface area contributed by atoms with Gasteiger partial charge in [0, 0.05) is 0 Å². The average molecular weight is 312 g/mol. The minimum Gasteiger partial charge on any atom is -0.480 e. The molecule has 0 radical (unpaired) electrons. The van der Waals surface area contributed by atoms with E-state index in [2.05, 4.69) is 4.72 Å². The lowest BCUT2D eigenvalue weighted by atomic mass is 10.1. The first kappa shape index (κ1) is 15.4. The SMILES string of the molecule is CCCC[C@H](NS(=O)(=O)c1sccc1Cl)C(=O)O. The van der Waals surface area contributed by atoms with Gasteiger partial charge < -0.3 is 5.11 Å². The van der Waals surface area contributed by atoms with Gasteiger partial charge in [-0.3, -0.25) is 4.79 Å². The van der Waals surface area contributed by atoms with Gasteiger partial charge in [-0.1, -0.05) is 31.4 Å². The summed E-state index contributed by atoms with van der Waals surface area (Å²) in [6, 6.07) is 0.343.